The van der Waals surface area contributed by atoms with E-state index >= 15 is 0 Å². The lowest BCUT2D eigenvalue weighted by Crippen LogP contribution is -2.46. The molecule has 12 heavy (non-hydrogen) atoms. The zero-order chi connectivity index (χ0) is 8.39. The summed E-state index contributed by atoms with van der Waals surface area (Å²) in [5.41, 5.74) is 0. The lowest BCUT2D eigenvalue weighted by atomic mass is 9.89. The topological polar surface area (TPSA) is 41.5 Å². The standard InChI is InChI=1S/C9H17NO2/c11-8-4-7(5-8)10-6-9-2-1-3-12-9/h7-11H,1-6H2. The predicted octanol–water partition coefficient (Wildman–Crippen LogP) is 0.278. The van der Waals surface area contributed by atoms with Crippen molar-refractivity contribution in [2.24, 2.45) is 0 Å². The van der Waals surface area contributed by atoms with Crippen molar-refractivity contribution in [3.05, 3.63) is 0 Å². The molecule has 2 N–H and O–H groups in total. The Labute approximate surface area is 73.1 Å². The highest BCUT2D eigenvalue weighted by atomic mass is 16.5. The first-order valence-electron chi connectivity index (χ1n) is 4.87. The van der Waals surface area contributed by atoms with Crippen LogP contribution >= 0.6 is 0 Å². The van der Waals surface area contributed by atoms with E-state index in [1.165, 1.54) is 12.8 Å². The molecular weight excluding hydrogens is 154 g/mol. The summed E-state index contributed by atoms with van der Waals surface area (Å²) >= 11 is 0. The average Bonchev–Trinajstić information content (AvgIpc) is 2.47. The molecule has 3 nitrogen and oxygen atoms in total. The highest BCUT2D eigenvalue weighted by molar-refractivity contribution is 4.85. The summed E-state index contributed by atoms with van der Waals surface area (Å²) in [5, 5.41) is 12.4. The fraction of sp³-hybridized carbons (Fsp3) is 1.00. The first-order valence-corrected chi connectivity index (χ1v) is 4.87. The molecule has 1 saturated heterocycles. The number of rotatable bonds is 3. The lowest BCUT2D eigenvalue weighted by molar-refractivity contribution is 0.0501. The van der Waals surface area contributed by atoms with Crippen LogP contribution in [0.25, 0.3) is 0 Å². The molecule has 1 unspecified atom stereocenters. The van der Waals surface area contributed by atoms with Gasteiger partial charge in [-0.15, -0.1) is 0 Å². The van der Waals surface area contributed by atoms with Crippen molar-refractivity contribution < 1.29 is 9.84 Å². The van der Waals surface area contributed by atoms with E-state index in [2.05, 4.69) is 5.32 Å². The van der Waals surface area contributed by atoms with Crippen LogP contribution in [0.4, 0.5) is 0 Å². The molecule has 1 aliphatic carbocycles. The second-order valence-corrected chi connectivity index (χ2v) is 3.87. The third-order valence-corrected chi connectivity index (χ3v) is 2.77. The number of ether oxygens (including phenoxy) is 1. The van der Waals surface area contributed by atoms with E-state index in [0.717, 1.165) is 26.0 Å². The minimum absolute atomic E-state index is 0.0491. The quantitative estimate of drug-likeness (QED) is 0.641. The van der Waals surface area contributed by atoms with Crippen LogP contribution in [-0.2, 0) is 4.74 Å². The van der Waals surface area contributed by atoms with E-state index in [-0.39, 0.29) is 6.10 Å². The van der Waals surface area contributed by atoms with Gasteiger partial charge in [0.05, 0.1) is 12.2 Å². The van der Waals surface area contributed by atoms with Gasteiger partial charge < -0.3 is 15.2 Å². The summed E-state index contributed by atoms with van der Waals surface area (Å²) < 4.78 is 5.47. The molecule has 1 saturated carbocycles. The van der Waals surface area contributed by atoms with Gasteiger partial charge in [0, 0.05) is 19.2 Å². The minimum atomic E-state index is -0.0491. The van der Waals surface area contributed by atoms with Gasteiger partial charge in [0.2, 0.25) is 0 Å². The molecule has 2 fully saturated rings. The van der Waals surface area contributed by atoms with Crippen LogP contribution in [0, 0.1) is 0 Å². The van der Waals surface area contributed by atoms with Crippen LogP contribution in [0.2, 0.25) is 0 Å². The number of hydrogen-bond acceptors (Lipinski definition) is 3. The molecule has 0 aromatic carbocycles. The van der Waals surface area contributed by atoms with E-state index < -0.39 is 0 Å². The SMILES string of the molecule is OC1CC(NCC2CCCO2)C1. The second kappa shape index (κ2) is 3.73. The number of nitrogens with one attached hydrogen (secondary N) is 1. The third kappa shape index (κ3) is 1.97. The van der Waals surface area contributed by atoms with Gasteiger partial charge in [-0.05, 0) is 25.7 Å². The molecule has 0 bridgehead atoms. The zero-order valence-corrected chi connectivity index (χ0v) is 7.33. The highest BCUT2D eigenvalue weighted by Crippen LogP contribution is 2.20. The molecule has 0 amide bonds. The maximum absolute atomic E-state index is 9.04. The number of hydrogen-bond donors (Lipinski definition) is 2. The molecule has 0 aromatic heterocycles. The number of aliphatic hydroxyl groups is 1. The molecule has 0 aromatic rings. The third-order valence-electron chi connectivity index (χ3n) is 2.77. The van der Waals surface area contributed by atoms with Gasteiger partial charge in [-0.2, -0.15) is 0 Å². The first kappa shape index (κ1) is 8.48. The van der Waals surface area contributed by atoms with Crippen molar-refractivity contribution in [1.29, 1.82) is 0 Å². The Hall–Kier alpha value is -0.120. The Morgan fingerprint density at radius 1 is 1.42 bits per heavy atom. The maximum Gasteiger partial charge on any atom is 0.0700 e. The normalized spacial score (nSPS) is 41.2. The molecule has 2 rings (SSSR count). The van der Waals surface area contributed by atoms with E-state index in [1.807, 2.05) is 0 Å². The minimum Gasteiger partial charge on any atom is -0.393 e. The monoisotopic (exact) mass is 171 g/mol. The Morgan fingerprint density at radius 3 is 2.83 bits per heavy atom. The van der Waals surface area contributed by atoms with Gasteiger partial charge >= 0.3 is 0 Å². The average molecular weight is 171 g/mol. The smallest absolute Gasteiger partial charge is 0.0700 e. The fourth-order valence-electron chi connectivity index (χ4n) is 1.86. The van der Waals surface area contributed by atoms with Crippen LogP contribution in [0.5, 0.6) is 0 Å². The Morgan fingerprint density at radius 2 is 2.25 bits per heavy atom. The Kier molecular flexibility index (Phi) is 2.63. The summed E-state index contributed by atoms with van der Waals surface area (Å²) in [7, 11) is 0. The molecular formula is C9H17NO2. The summed E-state index contributed by atoms with van der Waals surface area (Å²) in [6.45, 7) is 1.90. The maximum atomic E-state index is 9.04. The molecule has 0 spiro atoms. The van der Waals surface area contributed by atoms with Crippen molar-refractivity contribution in [2.45, 2.75) is 43.9 Å². The van der Waals surface area contributed by atoms with Gasteiger partial charge in [0.15, 0.2) is 0 Å². The summed E-state index contributed by atoms with van der Waals surface area (Å²) in [6.07, 6.45) is 4.64. The van der Waals surface area contributed by atoms with Gasteiger partial charge in [-0.1, -0.05) is 0 Å². The Bertz CT molecular complexity index is 139. The first-order chi connectivity index (χ1) is 5.84. The second-order valence-electron chi connectivity index (χ2n) is 3.87. The highest BCUT2D eigenvalue weighted by Gasteiger charge is 2.27. The van der Waals surface area contributed by atoms with E-state index in [9.17, 15) is 0 Å². The molecule has 3 heteroatoms. The molecule has 2 aliphatic rings. The Balaban J connectivity index is 1.56. The van der Waals surface area contributed by atoms with Crippen LogP contribution in [0.1, 0.15) is 25.7 Å². The van der Waals surface area contributed by atoms with Crippen LogP contribution in [0.3, 0.4) is 0 Å². The van der Waals surface area contributed by atoms with Crippen molar-refractivity contribution in [1.82, 2.24) is 5.32 Å². The molecule has 0 radical (unpaired) electrons. The zero-order valence-electron chi connectivity index (χ0n) is 7.33. The summed E-state index contributed by atoms with van der Waals surface area (Å²) in [5.74, 6) is 0. The predicted molar refractivity (Wildman–Crippen MR) is 46.0 cm³/mol. The van der Waals surface area contributed by atoms with Gasteiger partial charge in [0.25, 0.3) is 0 Å². The summed E-state index contributed by atoms with van der Waals surface area (Å²) in [4.78, 5) is 0. The van der Waals surface area contributed by atoms with Gasteiger partial charge in [-0.25, -0.2) is 0 Å². The van der Waals surface area contributed by atoms with Crippen molar-refractivity contribution >= 4 is 0 Å². The largest absolute Gasteiger partial charge is 0.393 e. The van der Waals surface area contributed by atoms with Gasteiger partial charge in [-0.3, -0.25) is 0 Å². The van der Waals surface area contributed by atoms with Crippen molar-refractivity contribution in [3.8, 4) is 0 Å². The summed E-state index contributed by atoms with van der Waals surface area (Å²) in [6, 6.07) is 0.546. The van der Waals surface area contributed by atoms with E-state index in [0.29, 0.717) is 12.1 Å². The van der Waals surface area contributed by atoms with Crippen LogP contribution in [-0.4, -0.2) is 36.5 Å². The molecule has 70 valence electrons. The van der Waals surface area contributed by atoms with E-state index in [4.69, 9.17) is 9.84 Å². The van der Waals surface area contributed by atoms with E-state index in [1.54, 1.807) is 0 Å². The fourth-order valence-corrected chi connectivity index (χ4v) is 1.86. The number of aliphatic hydroxyl groups excluding tert-OH is 1. The van der Waals surface area contributed by atoms with Crippen LogP contribution in [0.15, 0.2) is 0 Å². The van der Waals surface area contributed by atoms with Gasteiger partial charge in [0.1, 0.15) is 0 Å². The molecule has 1 heterocycles. The van der Waals surface area contributed by atoms with Crippen LogP contribution < -0.4 is 5.32 Å². The van der Waals surface area contributed by atoms with Crippen molar-refractivity contribution in [2.75, 3.05) is 13.2 Å². The molecule has 1 atom stereocenters. The lowest BCUT2D eigenvalue weighted by Gasteiger charge is -2.32. The molecule has 1 aliphatic heterocycles. The van der Waals surface area contributed by atoms with Crippen molar-refractivity contribution in [3.63, 3.8) is 0 Å².